The summed E-state index contributed by atoms with van der Waals surface area (Å²) in [5.74, 6) is 0.714. The number of aromatic nitrogens is 1. The highest BCUT2D eigenvalue weighted by atomic mass is 127. The number of hydrogen-bond donors (Lipinski definition) is 2. The van der Waals surface area contributed by atoms with Crippen molar-refractivity contribution in [2.24, 2.45) is 4.99 Å². The van der Waals surface area contributed by atoms with Crippen LogP contribution in [0.2, 0.25) is 0 Å². The van der Waals surface area contributed by atoms with Crippen molar-refractivity contribution in [3.05, 3.63) is 18.0 Å². The van der Waals surface area contributed by atoms with E-state index < -0.39 is 10.0 Å². The number of likely N-dealkylation sites (tertiary alicyclic amines) is 1. The monoisotopic (exact) mass is 570 g/mol. The molecule has 2 fully saturated rings. The SMILES string of the molecule is CCNC(=NCCCN1CCC(O)CC1)N1CCN(S(=O)(=O)Cc2ccon2)CC1.I. The zero-order valence-electron chi connectivity index (χ0n) is 18.1. The third kappa shape index (κ3) is 8.15. The zero-order valence-corrected chi connectivity index (χ0v) is 21.3. The van der Waals surface area contributed by atoms with E-state index in [4.69, 9.17) is 9.52 Å². The molecule has 2 aliphatic heterocycles. The van der Waals surface area contributed by atoms with Gasteiger partial charge in [-0.2, -0.15) is 4.31 Å². The maximum atomic E-state index is 12.6. The number of halogens is 1. The normalized spacial score (nSPS) is 19.9. The Kier molecular flexibility index (Phi) is 11.0. The second-order valence-electron chi connectivity index (χ2n) is 7.80. The minimum atomic E-state index is -3.40. The van der Waals surface area contributed by atoms with E-state index in [2.05, 4.69) is 20.3 Å². The number of aliphatic imine (C=N–C) groups is 1. The standard InChI is InChI=1S/C19H34N6O4S.HI/c1-2-20-19(21-7-3-8-23-9-4-18(26)5-10-23)24-11-13-25(14-12-24)30(27,28)16-17-6-15-29-22-17;/h6,15,18,26H,2-5,7-14,16H2,1H3,(H,20,21);1H. The van der Waals surface area contributed by atoms with Gasteiger partial charge in [0.15, 0.2) is 5.96 Å². The van der Waals surface area contributed by atoms with Crippen molar-refractivity contribution in [3.63, 3.8) is 0 Å². The van der Waals surface area contributed by atoms with Crippen LogP contribution in [0.15, 0.2) is 21.8 Å². The second-order valence-corrected chi connectivity index (χ2v) is 9.76. The van der Waals surface area contributed by atoms with Crippen molar-refractivity contribution in [3.8, 4) is 0 Å². The molecule has 2 saturated heterocycles. The van der Waals surface area contributed by atoms with Crippen LogP contribution < -0.4 is 5.32 Å². The third-order valence-electron chi connectivity index (χ3n) is 5.54. The van der Waals surface area contributed by atoms with E-state index in [0.29, 0.717) is 31.9 Å². The van der Waals surface area contributed by atoms with Gasteiger partial charge in [-0.05, 0) is 32.7 Å². The number of aliphatic hydroxyl groups excluding tert-OH is 1. The van der Waals surface area contributed by atoms with Crippen molar-refractivity contribution >= 4 is 40.0 Å². The van der Waals surface area contributed by atoms with Crippen LogP contribution in [-0.4, -0.2) is 104 Å². The van der Waals surface area contributed by atoms with Crippen molar-refractivity contribution < 1.29 is 18.0 Å². The highest BCUT2D eigenvalue weighted by Crippen LogP contribution is 2.13. The summed E-state index contributed by atoms with van der Waals surface area (Å²) in [7, 11) is -3.40. The molecule has 3 rings (SSSR count). The molecule has 0 unspecified atom stereocenters. The first-order chi connectivity index (χ1) is 14.5. The van der Waals surface area contributed by atoms with Crippen LogP contribution in [0.3, 0.4) is 0 Å². The number of nitrogens with zero attached hydrogens (tertiary/aromatic N) is 5. The van der Waals surface area contributed by atoms with E-state index in [1.54, 1.807) is 6.07 Å². The van der Waals surface area contributed by atoms with E-state index in [1.165, 1.54) is 10.6 Å². The third-order valence-corrected chi connectivity index (χ3v) is 7.35. The average molecular weight is 570 g/mol. The van der Waals surface area contributed by atoms with Crippen molar-refractivity contribution in [1.29, 1.82) is 0 Å². The Labute approximate surface area is 202 Å². The van der Waals surface area contributed by atoms with Gasteiger partial charge < -0.3 is 24.7 Å². The molecule has 2 aliphatic rings. The second kappa shape index (κ2) is 12.9. The average Bonchev–Trinajstić information content (AvgIpc) is 3.24. The predicted octanol–water partition coefficient (Wildman–Crippen LogP) is 0.552. The Hall–Kier alpha value is -0.960. The molecular formula is C19H35IN6O4S. The molecule has 0 radical (unpaired) electrons. The first-order valence-corrected chi connectivity index (χ1v) is 12.4. The molecule has 1 aromatic rings. The lowest BCUT2D eigenvalue weighted by Gasteiger charge is -2.35. The number of piperidine rings is 1. The minimum Gasteiger partial charge on any atom is -0.393 e. The van der Waals surface area contributed by atoms with Gasteiger partial charge in [-0.3, -0.25) is 4.99 Å². The minimum absolute atomic E-state index is 0. The molecule has 0 aliphatic carbocycles. The Morgan fingerprint density at radius 2 is 1.97 bits per heavy atom. The smallest absolute Gasteiger partial charge is 0.220 e. The number of aliphatic hydroxyl groups is 1. The molecule has 1 aromatic heterocycles. The van der Waals surface area contributed by atoms with E-state index in [9.17, 15) is 13.5 Å². The molecule has 12 heteroatoms. The van der Waals surface area contributed by atoms with Gasteiger partial charge in [-0.1, -0.05) is 5.16 Å². The number of rotatable bonds is 8. The molecule has 10 nitrogen and oxygen atoms in total. The summed E-state index contributed by atoms with van der Waals surface area (Å²) in [5, 5.41) is 16.6. The van der Waals surface area contributed by atoms with E-state index >= 15 is 0 Å². The fourth-order valence-corrected chi connectivity index (χ4v) is 5.24. The molecular weight excluding hydrogens is 535 g/mol. The molecule has 178 valence electrons. The zero-order chi connectivity index (χ0) is 21.4. The molecule has 0 amide bonds. The quantitative estimate of drug-likeness (QED) is 0.202. The van der Waals surface area contributed by atoms with Crippen LogP contribution in [0.25, 0.3) is 0 Å². The van der Waals surface area contributed by atoms with Crippen molar-refractivity contribution in [1.82, 2.24) is 24.6 Å². The van der Waals surface area contributed by atoms with Crippen LogP contribution in [0.5, 0.6) is 0 Å². The molecule has 31 heavy (non-hydrogen) atoms. The van der Waals surface area contributed by atoms with E-state index in [-0.39, 0.29) is 35.8 Å². The fraction of sp³-hybridized carbons (Fsp3) is 0.789. The Bertz CT molecular complexity index is 760. The molecule has 0 aromatic carbocycles. The summed E-state index contributed by atoms with van der Waals surface area (Å²) in [5.41, 5.74) is 0.426. The van der Waals surface area contributed by atoms with Gasteiger partial charge in [-0.15, -0.1) is 24.0 Å². The van der Waals surface area contributed by atoms with Crippen molar-refractivity contribution in [2.75, 3.05) is 58.9 Å². The predicted molar refractivity (Wildman–Crippen MR) is 130 cm³/mol. The molecule has 0 atom stereocenters. The molecule has 0 bridgehead atoms. The Morgan fingerprint density at radius 1 is 1.26 bits per heavy atom. The topological polar surface area (TPSA) is 115 Å². The molecule has 2 N–H and O–H groups in total. The number of piperazine rings is 1. The van der Waals surface area contributed by atoms with Crippen LogP contribution >= 0.6 is 24.0 Å². The van der Waals surface area contributed by atoms with Gasteiger partial charge in [0.1, 0.15) is 12.0 Å². The van der Waals surface area contributed by atoms with Gasteiger partial charge in [0.25, 0.3) is 0 Å². The van der Waals surface area contributed by atoms with Gasteiger partial charge >= 0.3 is 0 Å². The van der Waals surface area contributed by atoms with E-state index in [0.717, 1.165) is 57.9 Å². The lowest BCUT2D eigenvalue weighted by molar-refractivity contribution is 0.0824. The summed E-state index contributed by atoms with van der Waals surface area (Å²) >= 11 is 0. The van der Waals surface area contributed by atoms with Crippen LogP contribution in [-0.2, 0) is 15.8 Å². The van der Waals surface area contributed by atoms with Crippen LogP contribution in [0, 0.1) is 0 Å². The maximum Gasteiger partial charge on any atom is 0.220 e. The summed E-state index contributed by atoms with van der Waals surface area (Å²) in [6.45, 7) is 8.51. The maximum absolute atomic E-state index is 12.6. The lowest BCUT2D eigenvalue weighted by atomic mass is 10.1. The largest absolute Gasteiger partial charge is 0.393 e. The highest BCUT2D eigenvalue weighted by molar-refractivity contribution is 14.0. The fourth-order valence-electron chi connectivity index (χ4n) is 3.82. The summed E-state index contributed by atoms with van der Waals surface area (Å²) in [4.78, 5) is 9.26. The van der Waals surface area contributed by atoms with Crippen LogP contribution in [0.1, 0.15) is 31.9 Å². The summed E-state index contributed by atoms with van der Waals surface area (Å²) in [6, 6.07) is 1.58. The van der Waals surface area contributed by atoms with Crippen molar-refractivity contribution in [2.45, 2.75) is 38.0 Å². The number of nitrogens with one attached hydrogen (secondary N) is 1. The Balaban J connectivity index is 0.00000341. The summed E-state index contributed by atoms with van der Waals surface area (Å²) in [6.07, 6.45) is 3.93. The molecule has 0 saturated carbocycles. The highest BCUT2D eigenvalue weighted by Gasteiger charge is 2.29. The number of sulfonamides is 1. The number of guanidine groups is 1. The molecule has 3 heterocycles. The summed E-state index contributed by atoms with van der Waals surface area (Å²) < 4.78 is 31.4. The van der Waals surface area contributed by atoms with Gasteiger partial charge in [-0.25, -0.2) is 8.42 Å². The first-order valence-electron chi connectivity index (χ1n) is 10.8. The number of hydrogen-bond acceptors (Lipinski definition) is 7. The first kappa shape index (κ1) is 26.3. The Morgan fingerprint density at radius 3 is 2.58 bits per heavy atom. The van der Waals surface area contributed by atoms with Gasteiger partial charge in [0.05, 0.1) is 11.8 Å². The molecule has 0 spiro atoms. The lowest BCUT2D eigenvalue weighted by Crippen LogP contribution is -2.54. The van der Waals surface area contributed by atoms with E-state index in [1.807, 2.05) is 6.92 Å². The van der Waals surface area contributed by atoms with Crippen LogP contribution in [0.4, 0.5) is 0 Å². The van der Waals surface area contributed by atoms with Gasteiger partial charge in [0, 0.05) is 58.4 Å². The van der Waals surface area contributed by atoms with Gasteiger partial charge in [0.2, 0.25) is 10.0 Å².